The fourth-order valence-electron chi connectivity index (χ4n) is 2.67. The van der Waals surface area contributed by atoms with Crippen molar-refractivity contribution in [1.29, 1.82) is 10.5 Å². The number of nitriles is 2. The molecule has 0 bridgehead atoms. The van der Waals surface area contributed by atoms with Crippen molar-refractivity contribution in [3.63, 3.8) is 0 Å². The van der Waals surface area contributed by atoms with Crippen LogP contribution in [0.3, 0.4) is 0 Å². The lowest BCUT2D eigenvalue weighted by Gasteiger charge is -2.25. The summed E-state index contributed by atoms with van der Waals surface area (Å²) >= 11 is 0. The Morgan fingerprint density at radius 2 is 2.38 bits per heavy atom. The number of nitrogens with one attached hydrogen (secondary N) is 1. The van der Waals surface area contributed by atoms with Gasteiger partial charge in [-0.2, -0.15) is 15.6 Å². The van der Waals surface area contributed by atoms with Crippen molar-refractivity contribution in [3.8, 4) is 12.1 Å². The molecule has 21 heavy (non-hydrogen) atoms. The highest BCUT2D eigenvalue weighted by molar-refractivity contribution is 5.39. The minimum absolute atomic E-state index is 0.0870. The molecule has 1 aromatic heterocycles. The first kappa shape index (κ1) is 15.2. The van der Waals surface area contributed by atoms with Crippen molar-refractivity contribution in [2.75, 3.05) is 24.5 Å². The molecule has 1 fully saturated rings. The van der Waals surface area contributed by atoms with Gasteiger partial charge in [0.1, 0.15) is 0 Å². The van der Waals surface area contributed by atoms with E-state index < -0.39 is 0 Å². The summed E-state index contributed by atoms with van der Waals surface area (Å²) in [5, 5.41) is 29.1. The van der Waals surface area contributed by atoms with Crippen LogP contribution in [0.15, 0.2) is 18.3 Å². The first-order chi connectivity index (χ1) is 10.3. The van der Waals surface area contributed by atoms with E-state index in [1.165, 1.54) is 0 Å². The molecule has 2 rings (SSSR count). The fourth-order valence-corrected chi connectivity index (χ4v) is 2.67. The summed E-state index contributed by atoms with van der Waals surface area (Å²) in [5.41, 5.74) is 0. The monoisotopic (exact) mass is 284 g/mol. The number of hydrogen-bond acceptors (Lipinski definition) is 6. The first-order valence-electron chi connectivity index (χ1n) is 7.36. The second-order valence-corrected chi connectivity index (χ2v) is 5.25. The van der Waals surface area contributed by atoms with E-state index in [2.05, 4.69) is 32.6 Å². The molecule has 0 unspecified atom stereocenters. The van der Waals surface area contributed by atoms with Gasteiger partial charge in [-0.3, -0.25) is 0 Å². The highest BCUT2D eigenvalue weighted by Gasteiger charge is 2.25. The van der Waals surface area contributed by atoms with Gasteiger partial charge >= 0.3 is 0 Å². The smallest absolute Gasteiger partial charge is 0.151 e. The van der Waals surface area contributed by atoms with Crippen LogP contribution < -0.4 is 10.2 Å². The summed E-state index contributed by atoms with van der Waals surface area (Å²) in [5.74, 6) is 0.833. The average Bonchev–Trinajstić information content (AvgIpc) is 3.00. The molecule has 2 atom stereocenters. The quantitative estimate of drug-likeness (QED) is 0.815. The van der Waals surface area contributed by atoms with Crippen molar-refractivity contribution < 1.29 is 0 Å². The third-order valence-corrected chi connectivity index (χ3v) is 3.79. The Labute approximate surface area is 125 Å². The number of nitrogens with zero attached hydrogens (tertiary/aromatic N) is 5. The molecule has 0 radical (unpaired) electrons. The van der Waals surface area contributed by atoms with Crippen molar-refractivity contribution >= 4 is 5.82 Å². The number of anilines is 1. The van der Waals surface area contributed by atoms with E-state index in [4.69, 9.17) is 10.5 Å². The molecule has 0 aromatic carbocycles. The molecular weight excluding hydrogens is 264 g/mol. The average molecular weight is 284 g/mol. The minimum Gasteiger partial charge on any atom is -0.351 e. The fraction of sp³-hybridized carbons (Fsp3) is 0.600. The van der Waals surface area contributed by atoms with Crippen LogP contribution in [-0.2, 0) is 0 Å². The molecule has 110 valence electrons. The van der Waals surface area contributed by atoms with E-state index >= 15 is 0 Å². The zero-order valence-electron chi connectivity index (χ0n) is 12.1. The molecule has 0 saturated carbocycles. The summed E-state index contributed by atoms with van der Waals surface area (Å²) in [6.07, 6.45) is 5.03. The molecule has 1 aliphatic rings. The van der Waals surface area contributed by atoms with E-state index in [-0.39, 0.29) is 5.92 Å². The van der Waals surface area contributed by atoms with Crippen LogP contribution in [0, 0.1) is 28.6 Å². The Morgan fingerprint density at radius 3 is 3.10 bits per heavy atom. The highest BCUT2D eigenvalue weighted by Crippen LogP contribution is 2.22. The normalized spacial score (nSPS) is 19.0. The summed E-state index contributed by atoms with van der Waals surface area (Å²) in [4.78, 5) is 2.27. The molecule has 6 heteroatoms. The molecule has 0 aliphatic carbocycles. The van der Waals surface area contributed by atoms with Gasteiger partial charge in [-0.1, -0.05) is 0 Å². The molecular formula is C15H20N6. The van der Waals surface area contributed by atoms with Gasteiger partial charge in [0.15, 0.2) is 5.82 Å². The summed E-state index contributed by atoms with van der Waals surface area (Å²) in [6, 6.07) is 8.63. The maximum atomic E-state index is 9.05. The van der Waals surface area contributed by atoms with Gasteiger partial charge in [-0.25, -0.2) is 0 Å². The van der Waals surface area contributed by atoms with Crippen LogP contribution >= 0.6 is 0 Å². The Kier molecular flexibility index (Phi) is 5.93. The Balaban J connectivity index is 1.80. The topological polar surface area (TPSA) is 88.6 Å². The van der Waals surface area contributed by atoms with Gasteiger partial charge in [-0.15, -0.1) is 5.10 Å². The zero-order valence-corrected chi connectivity index (χ0v) is 12.1. The van der Waals surface area contributed by atoms with Gasteiger partial charge in [0.25, 0.3) is 0 Å². The van der Waals surface area contributed by atoms with Crippen molar-refractivity contribution in [2.24, 2.45) is 5.92 Å². The standard InChI is InChI=1S/C15H20N6/c16-7-1-4-13(10-17)11-18-12-14-5-3-9-21(14)15-6-2-8-19-20-15/h2,6,8,13-14,18H,1,3-5,9,11-12H2/t13-,14-/m0/s1. The Bertz CT molecular complexity index is 503. The lowest BCUT2D eigenvalue weighted by molar-refractivity contribution is 0.504. The van der Waals surface area contributed by atoms with Crippen LogP contribution in [0.25, 0.3) is 0 Å². The molecule has 1 saturated heterocycles. The third-order valence-electron chi connectivity index (χ3n) is 3.79. The second kappa shape index (κ2) is 8.18. The van der Waals surface area contributed by atoms with Crippen LogP contribution in [0.5, 0.6) is 0 Å². The minimum atomic E-state index is -0.0870. The largest absolute Gasteiger partial charge is 0.351 e. The summed E-state index contributed by atoms with van der Waals surface area (Å²) in [7, 11) is 0. The van der Waals surface area contributed by atoms with E-state index in [9.17, 15) is 0 Å². The maximum Gasteiger partial charge on any atom is 0.151 e. The van der Waals surface area contributed by atoms with E-state index in [1.807, 2.05) is 12.1 Å². The van der Waals surface area contributed by atoms with Gasteiger partial charge in [0.2, 0.25) is 0 Å². The predicted molar refractivity (Wildman–Crippen MR) is 79.2 cm³/mol. The van der Waals surface area contributed by atoms with Crippen LogP contribution in [0.2, 0.25) is 0 Å². The third kappa shape index (κ3) is 4.40. The van der Waals surface area contributed by atoms with Crippen LogP contribution in [-0.4, -0.2) is 35.9 Å². The highest BCUT2D eigenvalue weighted by atomic mass is 15.3. The molecule has 1 aliphatic heterocycles. The zero-order chi connectivity index (χ0) is 14.9. The van der Waals surface area contributed by atoms with Gasteiger partial charge in [-0.05, 0) is 31.4 Å². The lowest BCUT2D eigenvalue weighted by Crippen LogP contribution is -2.39. The predicted octanol–water partition coefficient (Wildman–Crippen LogP) is 1.48. The van der Waals surface area contributed by atoms with Crippen LogP contribution in [0.4, 0.5) is 5.82 Å². The van der Waals surface area contributed by atoms with Crippen molar-refractivity contribution in [2.45, 2.75) is 31.7 Å². The van der Waals surface area contributed by atoms with Gasteiger partial charge in [0, 0.05) is 38.3 Å². The van der Waals surface area contributed by atoms with E-state index in [1.54, 1.807) is 6.20 Å². The Morgan fingerprint density at radius 1 is 1.48 bits per heavy atom. The van der Waals surface area contributed by atoms with E-state index in [0.717, 1.165) is 31.7 Å². The van der Waals surface area contributed by atoms with Crippen LogP contribution in [0.1, 0.15) is 25.7 Å². The van der Waals surface area contributed by atoms with Crippen molar-refractivity contribution in [3.05, 3.63) is 18.3 Å². The molecule has 6 nitrogen and oxygen atoms in total. The van der Waals surface area contributed by atoms with Gasteiger partial charge in [0.05, 0.1) is 18.1 Å². The number of rotatable bonds is 7. The molecule has 1 aromatic rings. The Hall–Kier alpha value is -2.18. The second-order valence-electron chi connectivity index (χ2n) is 5.25. The maximum absolute atomic E-state index is 9.05. The molecule has 2 heterocycles. The summed E-state index contributed by atoms with van der Waals surface area (Å²) in [6.45, 7) is 2.48. The molecule has 0 amide bonds. The van der Waals surface area contributed by atoms with Gasteiger partial charge < -0.3 is 10.2 Å². The lowest BCUT2D eigenvalue weighted by atomic mass is 10.1. The van der Waals surface area contributed by atoms with E-state index in [0.29, 0.717) is 25.4 Å². The summed E-state index contributed by atoms with van der Waals surface area (Å²) < 4.78 is 0. The number of hydrogen-bond donors (Lipinski definition) is 1. The molecule has 0 spiro atoms. The van der Waals surface area contributed by atoms with Crippen molar-refractivity contribution in [1.82, 2.24) is 15.5 Å². The number of aromatic nitrogens is 2. The molecule has 1 N–H and O–H groups in total. The SMILES string of the molecule is N#CCC[C@@H](C#N)CNC[C@@H]1CCCN1c1cccnn1. The first-order valence-corrected chi connectivity index (χ1v) is 7.36.